The van der Waals surface area contributed by atoms with Gasteiger partial charge in [0, 0.05) is 18.0 Å². The van der Waals surface area contributed by atoms with E-state index < -0.39 is 5.54 Å². The summed E-state index contributed by atoms with van der Waals surface area (Å²) in [6.45, 7) is 3.91. The Morgan fingerprint density at radius 1 is 1.29 bits per heavy atom. The Labute approximate surface area is 123 Å². The SMILES string of the molecule is CC(C)(NC(=O)C1=NN=C2C1CC1CC21)c1ccccn1. The highest BCUT2D eigenvalue weighted by atomic mass is 16.2. The molecule has 2 saturated carbocycles. The molecule has 1 aromatic heterocycles. The molecule has 2 fully saturated rings. The molecule has 0 radical (unpaired) electrons. The van der Waals surface area contributed by atoms with Gasteiger partial charge >= 0.3 is 0 Å². The van der Waals surface area contributed by atoms with Gasteiger partial charge in [-0.3, -0.25) is 9.78 Å². The van der Waals surface area contributed by atoms with Crippen LogP contribution in [0.1, 0.15) is 32.4 Å². The zero-order valence-corrected chi connectivity index (χ0v) is 12.2. The third-order valence-electron chi connectivity index (χ3n) is 4.77. The number of carbonyl (C=O) groups is 1. The fourth-order valence-corrected chi connectivity index (χ4v) is 3.48. The zero-order chi connectivity index (χ0) is 14.6. The summed E-state index contributed by atoms with van der Waals surface area (Å²) < 4.78 is 0. The van der Waals surface area contributed by atoms with Gasteiger partial charge in [0.25, 0.3) is 5.91 Å². The van der Waals surface area contributed by atoms with E-state index in [4.69, 9.17) is 0 Å². The van der Waals surface area contributed by atoms with Crippen molar-refractivity contribution in [3.8, 4) is 0 Å². The van der Waals surface area contributed by atoms with Crippen LogP contribution in [0.15, 0.2) is 34.6 Å². The van der Waals surface area contributed by atoms with Crippen LogP contribution in [0.4, 0.5) is 0 Å². The van der Waals surface area contributed by atoms with Crippen LogP contribution in [-0.4, -0.2) is 22.3 Å². The highest BCUT2D eigenvalue weighted by Crippen LogP contribution is 2.54. The van der Waals surface area contributed by atoms with E-state index in [1.54, 1.807) is 6.20 Å². The molecule has 0 saturated heterocycles. The van der Waals surface area contributed by atoms with E-state index >= 15 is 0 Å². The number of fused-ring (bicyclic) bond motifs is 3. The molecule has 21 heavy (non-hydrogen) atoms. The summed E-state index contributed by atoms with van der Waals surface area (Å²) in [7, 11) is 0. The van der Waals surface area contributed by atoms with Crippen molar-refractivity contribution in [2.24, 2.45) is 28.0 Å². The van der Waals surface area contributed by atoms with Gasteiger partial charge in [0.1, 0.15) is 5.71 Å². The average molecular weight is 282 g/mol. The number of rotatable bonds is 3. The van der Waals surface area contributed by atoms with Crippen LogP contribution in [0, 0.1) is 17.8 Å². The first-order valence-electron chi connectivity index (χ1n) is 7.45. The molecule has 5 nitrogen and oxygen atoms in total. The maximum absolute atomic E-state index is 12.6. The van der Waals surface area contributed by atoms with Crippen LogP contribution in [0.25, 0.3) is 0 Å². The van der Waals surface area contributed by atoms with Crippen LogP contribution in [0.2, 0.25) is 0 Å². The van der Waals surface area contributed by atoms with Gasteiger partial charge in [0.05, 0.1) is 16.9 Å². The summed E-state index contributed by atoms with van der Waals surface area (Å²) >= 11 is 0. The van der Waals surface area contributed by atoms with Crippen LogP contribution in [-0.2, 0) is 10.3 Å². The van der Waals surface area contributed by atoms with Crippen molar-refractivity contribution in [1.82, 2.24) is 10.3 Å². The van der Waals surface area contributed by atoms with E-state index in [-0.39, 0.29) is 11.8 Å². The Hall–Kier alpha value is -2.04. The lowest BCUT2D eigenvalue weighted by molar-refractivity contribution is -0.116. The van der Waals surface area contributed by atoms with Crippen LogP contribution in [0.5, 0.6) is 0 Å². The average Bonchev–Trinajstić information content (AvgIpc) is 2.94. The van der Waals surface area contributed by atoms with Crippen molar-refractivity contribution in [3.63, 3.8) is 0 Å². The minimum Gasteiger partial charge on any atom is -0.340 e. The number of aromatic nitrogens is 1. The minimum atomic E-state index is -0.523. The predicted molar refractivity (Wildman–Crippen MR) is 80.0 cm³/mol. The number of hydrogen-bond donors (Lipinski definition) is 1. The first kappa shape index (κ1) is 12.7. The molecule has 1 amide bonds. The van der Waals surface area contributed by atoms with E-state index in [2.05, 4.69) is 20.5 Å². The lowest BCUT2D eigenvalue weighted by Gasteiger charge is -2.26. The van der Waals surface area contributed by atoms with E-state index in [0.717, 1.165) is 23.7 Å². The third kappa shape index (κ3) is 1.99. The topological polar surface area (TPSA) is 66.7 Å². The van der Waals surface area contributed by atoms with Crippen LogP contribution < -0.4 is 5.32 Å². The maximum atomic E-state index is 12.6. The minimum absolute atomic E-state index is 0.115. The van der Waals surface area contributed by atoms with Gasteiger partial charge in [-0.1, -0.05) is 6.07 Å². The summed E-state index contributed by atoms with van der Waals surface area (Å²) in [4.78, 5) is 16.9. The molecule has 1 aromatic rings. The van der Waals surface area contributed by atoms with Gasteiger partial charge in [-0.15, -0.1) is 5.10 Å². The summed E-state index contributed by atoms with van der Waals surface area (Å²) in [6.07, 6.45) is 4.01. The van der Waals surface area contributed by atoms with Gasteiger partial charge in [-0.05, 0) is 44.7 Å². The number of amides is 1. The first-order valence-corrected chi connectivity index (χ1v) is 7.45. The van der Waals surface area contributed by atoms with Crippen molar-refractivity contribution in [2.45, 2.75) is 32.2 Å². The van der Waals surface area contributed by atoms with Crippen molar-refractivity contribution < 1.29 is 4.79 Å². The van der Waals surface area contributed by atoms with Crippen LogP contribution in [0.3, 0.4) is 0 Å². The fourth-order valence-electron chi connectivity index (χ4n) is 3.48. The highest BCUT2D eigenvalue weighted by Gasteiger charge is 2.55. The summed E-state index contributed by atoms with van der Waals surface area (Å²) in [6, 6.07) is 5.71. The Kier molecular flexibility index (Phi) is 2.55. The second-order valence-electron chi connectivity index (χ2n) is 6.69. The molecule has 5 heteroatoms. The molecule has 4 rings (SSSR count). The lowest BCUT2D eigenvalue weighted by Crippen LogP contribution is -2.46. The lowest BCUT2D eigenvalue weighted by atomic mass is 9.94. The Morgan fingerprint density at radius 2 is 2.14 bits per heavy atom. The monoisotopic (exact) mass is 282 g/mol. The Bertz CT molecular complexity index is 662. The van der Waals surface area contributed by atoms with Crippen molar-refractivity contribution in [1.29, 1.82) is 0 Å². The molecular weight excluding hydrogens is 264 g/mol. The Morgan fingerprint density at radius 3 is 2.90 bits per heavy atom. The quantitative estimate of drug-likeness (QED) is 0.920. The van der Waals surface area contributed by atoms with Gasteiger partial charge in [0.15, 0.2) is 0 Å². The smallest absolute Gasteiger partial charge is 0.268 e. The normalized spacial score (nSPS) is 29.3. The summed E-state index contributed by atoms with van der Waals surface area (Å²) in [5, 5.41) is 11.5. The number of pyridine rings is 1. The Balaban J connectivity index is 1.49. The predicted octanol–water partition coefficient (Wildman–Crippen LogP) is 1.90. The van der Waals surface area contributed by atoms with Crippen molar-refractivity contribution >= 4 is 17.3 Å². The largest absolute Gasteiger partial charge is 0.340 e. The summed E-state index contributed by atoms with van der Waals surface area (Å²) in [5.41, 5.74) is 2.04. The molecular formula is C16H18N4O. The van der Waals surface area contributed by atoms with Gasteiger partial charge in [-0.2, -0.15) is 5.10 Å². The second-order valence-corrected chi connectivity index (χ2v) is 6.69. The molecule has 3 unspecified atom stereocenters. The van der Waals surface area contributed by atoms with E-state index in [9.17, 15) is 4.79 Å². The van der Waals surface area contributed by atoms with E-state index in [0.29, 0.717) is 11.6 Å². The molecule has 108 valence electrons. The summed E-state index contributed by atoms with van der Waals surface area (Å²) in [5.74, 6) is 1.40. The number of hydrogen-bond acceptors (Lipinski definition) is 4. The van der Waals surface area contributed by atoms with E-state index in [1.165, 1.54) is 6.42 Å². The molecule has 1 N–H and O–H groups in total. The zero-order valence-electron chi connectivity index (χ0n) is 12.2. The van der Waals surface area contributed by atoms with E-state index in [1.807, 2.05) is 32.0 Å². The first-order chi connectivity index (χ1) is 10.1. The number of carbonyl (C=O) groups excluding carboxylic acids is 1. The maximum Gasteiger partial charge on any atom is 0.268 e. The van der Waals surface area contributed by atoms with Gasteiger partial charge in [0.2, 0.25) is 0 Å². The number of nitrogens with zero attached hydrogens (tertiary/aromatic N) is 3. The van der Waals surface area contributed by atoms with Crippen LogP contribution >= 0.6 is 0 Å². The number of nitrogens with one attached hydrogen (secondary N) is 1. The third-order valence-corrected chi connectivity index (χ3v) is 4.77. The van der Waals surface area contributed by atoms with Crippen molar-refractivity contribution in [3.05, 3.63) is 30.1 Å². The van der Waals surface area contributed by atoms with Gasteiger partial charge in [-0.25, -0.2) is 0 Å². The molecule has 3 aliphatic rings. The second kappa shape index (κ2) is 4.23. The highest BCUT2D eigenvalue weighted by molar-refractivity contribution is 6.45. The molecule has 1 aliphatic heterocycles. The molecule has 0 spiro atoms. The molecule has 3 atom stereocenters. The van der Waals surface area contributed by atoms with Crippen molar-refractivity contribution in [2.75, 3.05) is 0 Å². The van der Waals surface area contributed by atoms with Gasteiger partial charge < -0.3 is 5.32 Å². The standard InChI is InChI=1S/C16H18N4O/c1-16(2,12-5-3-4-6-17-12)18-15(21)14-11-8-9-7-10(9)13(11)19-20-14/h3-6,9-11H,7-8H2,1-2H3,(H,18,21). The molecule has 0 bridgehead atoms. The molecule has 0 aromatic carbocycles. The fraction of sp³-hybridized carbons (Fsp3) is 0.500. The molecule has 2 heterocycles. The molecule has 2 aliphatic carbocycles.